The molecule has 0 aromatic rings. The largest absolute Gasteiger partial charge is 0.387 e. The first kappa shape index (κ1) is 17.8. The van der Waals surface area contributed by atoms with Crippen molar-refractivity contribution in [3.8, 4) is 6.07 Å². The molecule has 6 heteroatoms. The van der Waals surface area contributed by atoms with Crippen LogP contribution in [0.3, 0.4) is 0 Å². The highest BCUT2D eigenvalue weighted by atomic mass is 16.2. The quantitative estimate of drug-likeness (QED) is 0.528. The SMILES string of the molecule is CC1(C)CC(N/C=C(/C#N)C(=O)N2CCNCC2)CC(C)(C)N1. The van der Waals surface area contributed by atoms with Gasteiger partial charge in [0.2, 0.25) is 0 Å². The molecule has 3 N–H and O–H groups in total. The number of hydrogen-bond acceptors (Lipinski definition) is 5. The van der Waals surface area contributed by atoms with Crippen molar-refractivity contribution in [2.75, 3.05) is 26.2 Å². The van der Waals surface area contributed by atoms with Crippen LogP contribution >= 0.6 is 0 Å². The molecule has 2 aliphatic rings. The van der Waals surface area contributed by atoms with Gasteiger partial charge >= 0.3 is 0 Å². The lowest BCUT2D eigenvalue weighted by Crippen LogP contribution is -2.61. The Balaban J connectivity index is 2.01. The Kier molecular flexibility index (Phi) is 5.33. The molecule has 6 nitrogen and oxygen atoms in total. The van der Waals surface area contributed by atoms with Gasteiger partial charge in [0.05, 0.1) is 0 Å². The molecule has 128 valence electrons. The first-order valence-corrected chi connectivity index (χ1v) is 8.38. The number of hydrogen-bond donors (Lipinski definition) is 3. The highest BCUT2D eigenvalue weighted by molar-refractivity contribution is 5.97. The Morgan fingerprint density at radius 2 is 1.78 bits per heavy atom. The summed E-state index contributed by atoms with van der Waals surface area (Å²) in [6.07, 6.45) is 3.52. The lowest BCUT2D eigenvalue weighted by Gasteiger charge is -2.46. The van der Waals surface area contributed by atoms with E-state index < -0.39 is 0 Å². The number of nitrogens with one attached hydrogen (secondary N) is 3. The number of rotatable bonds is 3. The highest BCUT2D eigenvalue weighted by Gasteiger charge is 2.37. The van der Waals surface area contributed by atoms with Crippen molar-refractivity contribution in [3.63, 3.8) is 0 Å². The normalized spacial score (nSPS) is 24.8. The van der Waals surface area contributed by atoms with Gasteiger partial charge < -0.3 is 20.9 Å². The van der Waals surface area contributed by atoms with Gasteiger partial charge in [-0.3, -0.25) is 4.79 Å². The molecular weight excluding hydrogens is 290 g/mol. The maximum Gasteiger partial charge on any atom is 0.266 e. The minimum Gasteiger partial charge on any atom is -0.387 e. The van der Waals surface area contributed by atoms with Gasteiger partial charge in [0, 0.05) is 49.5 Å². The molecule has 2 heterocycles. The fraction of sp³-hybridized carbons (Fsp3) is 0.765. The number of carbonyl (C=O) groups is 1. The molecule has 0 bridgehead atoms. The number of nitrogens with zero attached hydrogens (tertiary/aromatic N) is 2. The lowest BCUT2D eigenvalue weighted by atomic mass is 9.79. The third-order valence-corrected chi connectivity index (χ3v) is 4.41. The molecule has 1 amide bonds. The van der Waals surface area contributed by atoms with E-state index in [1.54, 1.807) is 11.1 Å². The lowest BCUT2D eigenvalue weighted by molar-refractivity contribution is -0.127. The van der Waals surface area contributed by atoms with Crippen LogP contribution in [0.1, 0.15) is 40.5 Å². The van der Waals surface area contributed by atoms with Gasteiger partial charge in [0.1, 0.15) is 11.6 Å². The van der Waals surface area contributed by atoms with Crippen LogP contribution in [0.2, 0.25) is 0 Å². The zero-order chi connectivity index (χ0) is 17.1. The summed E-state index contributed by atoms with van der Waals surface area (Å²) in [7, 11) is 0. The molecule has 0 aromatic heterocycles. The van der Waals surface area contributed by atoms with Crippen LogP contribution in [0.5, 0.6) is 0 Å². The fourth-order valence-electron chi connectivity index (χ4n) is 3.82. The first-order chi connectivity index (χ1) is 10.7. The molecule has 0 spiro atoms. The summed E-state index contributed by atoms with van der Waals surface area (Å²) in [4.78, 5) is 14.2. The smallest absolute Gasteiger partial charge is 0.266 e. The summed E-state index contributed by atoms with van der Waals surface area (Å²) in [5, 5.41) is 19.5. The summed E-state index contributed by atoms with van der Waals surface area (Å²) in [6, 6.07) is 2.30. The van der Waals surface area contributed by atoms with Gasteiger partial charge in [-0.1, -0.05) is 0 Å². The van der Waals surface area contributed by atoms with Crippen LogP contribution in [0, 0.1) is 11.3 Å². The van der Waals surface area contributed by atoms with E-state index in [1.165, 1.54) is 0 Å². The van der Waals surface area contributed by atoms with E-state index in [2.05, 4.69) is 49.7 Å². The average Bonchev–Trinajstić information content (AvgIpc) is 2.45. The Bertz CT molecular complexity index is 496. The number of nitriles is 1. The molecule has 0 aliphatic carbocycles. The standard InChI is InChI=1S/C17H29N5O/c1-16(2)9-14(10-17(3,4)21-16)20-12-13(11-18)15(23)22-7-5-19-6-8-22/h12,14,19-21H,5-10H2,1-4H3/b13-12-. The predicted molar refractivity (Wildman–Crippen MR) is 90.6 cm³/mol. The first-order valence-electron chi connectivity index (χ1n) is 8.38. The minimum atomic E-state index is -0.172. The van der Waals surface area contributed by atoms with Crippen molar-refractivity contribution in [3.05, 3.63) is 11.8 Å². The van der Waals surface area contributed by atoms with E-state index in [0.717, 1.165) is 25.9 Å². The Morgan fingerprint density at radius 3 is 2.30 bits per heavy atom. The van der Waals surface area contributed by atoms with E-state index in [-0.39, 0.29) is 28.6 Å². The van der Waals surface area contributed by atoms with Crippen molar-refractivity contribution < 1.29 is 4.79 Å². The van der Waals surface area contributed by atoms with Crippen molar-refractivity contribution in [2.24, 2.45) is 0 Å². The zero-order valence-electron chi connectivity index (χ0n) is 14.7. The Morgan fingerprint density at radius 1 is 1.22 bits per heavy atom. The average molecular weight is 319 g/mol. The zero-order valence-corrected chi connectivity index (χ0v) is 14.7. The van der Waals surface area contributed by atoms with E-state index in [1.807, 2.05) is 0 Å². The van der Waals surface area contributed by atoms with E-state index in [4.69, 9.17) is 0 Å². The third kappa shape index (κ3) is 4.95. The molecule has 2 saturated heterocycles. The summed E-state index contributed by atoms with van der Waals surface area (Å²) in [6.45, 7) is 11.6. The molecule has 23 heavy (non-hydrogen) atoms. The number of piperidine rings is 1. The molecule has 0 radical (unpaired) electrons. The predicted octanol–water partition coefficient (Wildman–Crippen LogP) is 0.724. The Hall–Kier alpha value is -1.58. The van der Waals surface area contributed by atoms with Crippen molar-refractivity contribution in [1.29, 1.82) is 5.26 Å². The minimum absolute atomic E-state index is 0.0304. The van der Waals surface area contributed by atoms with Crippen molar-refractivity contribution >= 4 is 5.91 Å². The molecule has 0 aromatic carbocycles. The van der Waals surface area contributed by atoms with Gasteiger partial charge in [-0.15, -0.1) is 0 Å². The van der Waals surface area contributed by atoms with E-state index >= 15 is 0 Å². The Labute approximate surface area is 139 Å². The van der Waals surface area contributed by atoms with Crippen LogP contribution < -0.4 is 16.0 Å². The molecular formula is C17H29N5O. The number of carbonyl (C=O) groups excluding carboxylic acids is 1. The van der Waals surface area contributed by atoms with Gasteiger partial charge in [0.25, 0.3) is 5.91 Å². The van der Waals surface area contributed by atoms with Crippen LogP contribution in [-0.4, -0.2) is 54.1 Å². The van der Waals surface area contributed by atoms with Crippen molar-refractivity contribution in [1.82, 2.24) is 20.9 Å². The van der Waals surface area contributed by atoms with Crippen LogP contribution in [0.15, 0.2) is 11.8 Å². The molecule has 0 unspecified atom stereocenters. The summed E-state index contributed by atoms with van der Waals surface area (Å²) in [5.41, 5.74) is 0.256. The second-order valence-corrected chi connectivity index (χ2v) is 7.88. The van der Waals surface area contributed by atoms with E-state index in [9.17, 15) is 10.1 Å². The maximum atomic E-state index is 12.4. The van der Waals surface area contributed by atoms with Crippen LogP contribution in [-0.2, 0) is 4.79 Å². The molecule has 0 saturated carbocycles. The molecule has 2 fully saturated rings. The fourth-order valence-corrected chi connectivity index (χ4v) is 3.82. The third-order valence-electron chi connectivity index (χ3n) is 4.41. The van der Waals surface area contributed by atoms with Gasteiger partial charge in [-0.2, -0.15) is 5.26 Å². The van der Waals surface area contributed by atoms with Gasteiger partial charge in [-0.25, -0.2) is 0 Å². The topological polar surface area (TPSA) is 80.2 Å². The van der Waals surface area contributed by atoms with Crippen LogP contribution in [0.4, 0.5) is 0 Å². The number of piperazine rings is 1. The molecule has 0 atom stereocenters. The molecule has 2 aliphatic heterocycles. The van der Waals surface area contributed by atoms with E-state index in [0.29, 0.717) is 13.1 Å². The second kappa shape index (κ2) is 6.90. The summed E-state index contributed by atoms with van der Waals surface area (Å²) < 4.78 is 0. The monoisotopic (exact) mass is 319 g/mol. The summed E-state index contributed by atoms with van der Waals surface area (Å²) in [5.74, 6) is -0.172. The molecule has 2 rings (SSSR count). The maximum absolute atomic E-state index is 12.4. The van der Waals surface area contributed by atoms with Crippen molar-refractivity contribution in [2.45, 2.75) is 57.7 Å². The number of amides is 1. The highest BCUT2D eigenvalue weighted by Crippen LogP contribution is 2.28. The van der Waals surface area contributed by atoms with Gasteiger partial charge in [0.15, 0.2) is 0 Å². The van der Waals surface area contributed by atoms with Crippen LogP contribution in [0.25, 0.3) is 0 Å². The second-order valence-electron chi connectivity index (χ2n) is 7.88. The van der Waals surface area contributed by atoms with Gasteiger partial charge in [-0.05, 0) is 40.5 Å². The summed E-state index contributed by atoms with van der Waals surface area (Å²) >= 11 is 0.